The van der Waals surface area contributed by atoms with Gasteiger partial charge < -0.3 is 19.9 Å². The van der Waals surface area contributed by atoms with E-state index < -0.39 is 16.8 Å². The number of ether oxygens (including phenoxy) is 2. The van der Waals surface area contributed by atoms with E-state index in [0.29, 0.717) is 41.7 Å². The minimum absolute atomic E-state index is 0.126. The topological polar surface area (TPSA) is 84.9 Å². The van der Waals surface area contributed by atoms with E-state index in [-0.39, 0.29) is 24.5 Å². The highest BCUT2D eigenvalue weighted by Crippen LogP contribution is 2.56. The van der Waals surface area contributed by atoms with E-state index in [2.05, 4.69) is 5.32 Å². The molecule has 0 saturated heterocycles. The molecule has 1 aliphatic rings. The fraction of sp³-hybridized carbons (Fsp3) is 0.481. The van der Waals surface area contributed by atoms with Crippen LogP contribution in [0.15, 0.2) is 42.5 Å². The number of aliphatic carboxylic acids is 1. The lowest BCUT2D eigenvalue weighted by Gasteiger charge is -2.38. The van der Waals surface area contributed by atoms with Crippen molar-refractivity contribution >= 4 is 35.1 Å². The lowest BCUT2D eigenvalue weighted by atomic mass is 9.65. The molecule has 190 valence electrons. The van der Waals surface area contributed by atoms with E-state index in [0.717, 1.165) is 11.1 Å². The zero-order valence-electron chi connectivity index (χ0n) is 20.6. The molecule has 2 N–H and O–H groups in total. The standard InChI is InChI=1S/C27H33Cl2NO5/c1-26(2)21(12-13-27(26,3)25(32)33)24(31)30-18(15-34-4)14-17-8-10-19(11-9-17)35-16-20-22(28)6-5-7-23(20)29/h5-11,18,21H,12-16H2,1-4H3,(H,30,31)(H,32,33)/t18-,21?,27-/m0/s1. The van der Waals surface area contributed by atoms with Crippen LogP contribution in [0.25, 0.3) is 0 Å². The highest BCUT2D eigenvalue weighted by atomic mass is 35.5. The second-order valence-electron chi connectivity index (χ2n) is 9.95. The summed E-state index contributed by atoms with van der Waals surface area (Å²) in [5.41, 5.74) is 0.146. The highest BCUT2D eigenvalue weighted by Gasteiger charge is 2.58. The second kappa shape index (κ2) is 11.2. The van der Waals surface area contributed by atoms with Crippen LogP contribution in [0, 0.1) is 16.7 Å². The Hall–Kier alpha value is -2.28. The molecule has 8 heteroatoms. The van der Waals surface area contributed by atoms with Crippen LogP contribution < -0.4 is 10.1 Å². The minimum Gasteiger partial charge on any atom is -0.489 e. The zero-order chi connectivity index (χ0) is 25.8. The molecule has 1 amide bonds. The maximum Gasteiger partial charge on any atom is 0.309 e. The summed E-state index contributed by atoms with van der Waals surface area (Å²) < 4.78 is 11.2. The number of hydrogen-bond acceptors (Lipinski definition) is 4. The summed E-state index contributed by atoms with van der Waals surface area (Å²) >= 11 is 12.4. The number of amides is 1. The van der Waals surface area contributed by atoms with Crippen LogP contribution in [0.4, 0.5) is 0 Å². The lowest BCUT2D eigenvalue weighted by Crippen LogP contribution is -2.48. The van der Waals surface area contributed by atoms with Crippen molar-refractivity contribution in [3.8, 4) is 5.75 Å². The first-order valence-corrected chi connectivity index (χ1v) is 12.4. The van der Waals surface area contributed by atoms with Gasteiger partial charge in [0.1, 0.15) is 12.4 Å². The Morgan fingerprint density at radius 1 is 1.11 bits per heavy atom. The molecule has 1 unspecified atom stereocenters. The number of hydrogen-bond donors (Lipinski definition) is 2. The molecule has 3 rings (SSSR count). The van der Waals surface area contributed by atoms with Gasteiger partial charge in [-0.05, 0) is 61.4 Å². The summed E-state index contributed by atoms with van der Waals surface area (Å²) in [7, 11) is 1.59. The van der Waals surface area contributed by atoms with Gasteiger partial charge in [-0.3, -0.25) is 9.59 Å². The smallest absolute Gasteiger partial charge is 0.309 e. The first-order chi connectivity index (χ1) is 16.5. The Balaban J connectivity index is 1.62. The lowest BCUT2D eigenvalue weighted by molar-refractivity contribution is -0.155. The fourth-order valence-electron chi connectivity index (χ4n) is 4.83. The summed E-state index contributed by atoms with van der Waals surface area (Å²) in [6.07, 6.45) is 1.59. The monoisotopic (exact) mass is 521 g/mol. The van der Waals surface area contributed by atoms with Gasteiger partial charge in [-0.25, -0.2) is 0 Å². The van der Waals surface area contributed by atoms with Crippen molar-refractivity contribution in [2.24, 2.45) is 16.7 Å². The van der Waals surface area contributed by atoms with E-state index in [4.69, 9.17) is 32.7 Å². The number of halogens is 2. The van der Waals surface area contributed by atoms with Crippen LogP contribution >= 0.6 is 23.2 Å². The molecule has 6 nitrogen and oxygen atoms in total. The third-order valence-corrected chi connectivity index (χ3v) is 8.29. The van der Waals surface area contributed by atoms with Crippen LogP contribution in [-0.4, -0.2) is 36.7 Å². The average molecular weight is 522 g/mol. The number of carboxylic acid groups (broad SMARTS) is 1. The van der Waals surface area contributed by atoms with Crippen molar-refractivity contribution in [2.75, 3.05) is 13.7 Å². The molecule has 1 fully saturated rings. The van der Waals surface area contributed by atoms with E-state index in [1.807, 2.05) is 38.1 Å². The minimum atomic E-state index is -0.935. The largest absolute Gasteiger partial charge is 0.489 e. The van der Waals surface area contributed by atoms with Gasteiger partial charge in [0.05, 0.1) is 18.1 Å². The van der Waals surface area contributed by atoms with Gasteiger partial charge >= 0.3 is 5.97 Å². The predicted octanol–water partition coefficient (Wildman–Crippen LogP) is 5.77. The van der Waals surface area contributed by atoms with Gasteiger partial charge in [0.15, 0.2) is 0 Å². The quantitative estimate of drug-likeness (QED) is 0.414. The van der Waals surface area contributed by atoms with Crippen LogP contribution in [-0.2, 0) is 27.4 Å². The zero-order valence-corrected chi connectivity index (χ0v) is 22.1. The van der Waals surface area contributed by atoms with Crippen molar-refractivity contribution < 1.29 is 24.2 Å². The molecule has 0 radical (unpaired) electrons. The Labute approximate surface area is 216 Å². The third kappa shape index (κ3) is 5.93. The number of carbonyl (C=O) groups is 2. The van der Waals surface area contributed by atoms with Gasteiger partial charge in [-0.15, -0.1) is 0 Å². The first kappa shape index (κ1) is 27.3. The molecule has 2 aromatic rings. The van der Waals surface area contributed by atoms with E-state index in [1.165, 1.54) is 0 Å². The van der Waals surface area contributed by atoms with Gasteiger partial charge in [0.25, 0.3) is 0 Å². The molecule has 2 aromatic carbocycles. The van der Waals surface area contributed by atoms with Crippen LogP contribution in [0.1, 0.15) is 44.7 Å². The molecular weight excluding hydrogens is 489 g/mol. The summed E-state index contributed by atoms with van der Waals surface area (Å²) in [6, 6.07) is 12.7. The Bertz CT molecular complexity index is 1040. The van der Waals surface area contributed by atoms with Crippen LogP contribution in [0.5, 0.6) is 5.75 Å². The van der Waals surface area contributed by atoms with E-state index in [9.17, 15) is 14.7 Å². The number of methoxy groups -OCH3 is 1. The summed E-state index contributed by atoms with van der Waals surface area (Å²) in [5, 5.41) is 14.0. The number of carbonyl (C=O) groups excluding carboxylic acids is 1. The normalized spacial score (nSPS) is 21.9. The molecule has 35 heavy (non-hydrogen) atoms. The van der Waals surface area contributed by atoms with Crippen LogP contribution in [0.3, 0.4) is 0 Å². The number of rotatable bonds is 10. The molecule has 0 aromatic heterocycles. The highest BCUT2D eigenvalue weighted by molar-refractivity contribution is 6.35. The molecule has 1 saturated carbocycles. The van der Waals surface area contributed by atoms with E-state index in [1.54, 1.807) is 32.2 Å². The van der Waals surface area contributed by atoms with Crippen molar-refractivity contribution in [3.63, 3.8) is 0 Å². The van der Waals surface area contributed by atoms with Gasteiger partial charge in [0.2, 0.25) is 5.91 Å². The molecule has 0 aliphatic heterocycles. The molecule has 3 atom stereocenters. The molecule has 0 spiro atoms. The molecule has 1 aliphatic carbocycles. The number of benzene rings is 2. The van der Waals surface area contributed by atoms with Gasteiger partial charge in [-0.2, -0.15) is 0 Å². The summed E-state index contributed by atoms with van der Waals surface area (Å²) in [6.45, 7) is 6.08. The summed E-state index contributed by atoms with van der Waals surface area (Å²) in [5.74, 6) is -0.683. The Morgan fingerprint density at radius 2 is 1.74 bits per heavy atom. The SMILES string of the molecule is COC[C@H](Cc1ccc(OCc2c(Cl)cccc2Cl)cc1)NC(=O)C1CC[C@@](C)(C(=O)O)C1(C)C. The second-order valence-corrected chi connectivity index (χ2v) is 10.8. The van der Waals surface area contributed by atoms with Crippen molar-refractivity contribution in [2.45, 2.75) is 52.7 Å². The predicted molar refractivity (Wildman–Crippen MR) is 137 cm³/mol. The number of nitrogens with one attached hydrogen (secondary N) is 1. The first-order valence-electron chi connectivity index (χ1n) is 11.7. The van der Waals surface area contributed by atoms with Crippen molar-refractivity contribution in [3.05, 3.63) is 63.6 Å². The number of carboxylic acids is 1. The molecular formula is C27H33Cl2NO5. The molecule has 0 heterocycles. The van der Waals surface area contributed by atoms with Gasteiger partial charge in [-0.1, -0.05) is 55.2 Å². The average Bonchev–Trinajstić information content (AvgIpc) is 3.04. The maximum absolute atomic E-state index is 13.2. The van der Waals surface area contributed by atoms with Crippen molar-refractivity contribution in [1.82, 2.24) is 5.32 Å². The fourth-order valence-corrected chi connectivity index (χ4v) is 5.34. The maximum atomic E-state index is 13.2. The van der Waals surface area contributed by atoms with Gasteiger partial charge in [0, 0.05) is 28.6 Å². The summed E-state index contributed by atoms with van der Waals surface area (Å²) in [4.78, 5) is 25.1. The van der Waals surface area contributed by atoms with Crippen molar-refractivity contribution in [1.29, 1.82) is 0 Å². The Morgan fingerprint density at radius 3 is 2.29 bits per heavy atom. The third-order valence-electron chi connectivity index (χ3n) is 7.58. The Kier molecular flexibility index (Phi) is 8.73. The van der Waals surface area contributed by atoms with Crippen LogP contribution in [0.2, 0.25) is 10.0 Å². The molecule has 0 bridgehead atoms. The van der Waals surface area contributed by atoms with E-state index >= 15 is 0 Å².